The molecular formula is C9H14N4O. The Hall–Kier alpha value is -1.52. The Morgan fingerprint density at radius 3 is 3.00 bits per heavy atom. The van der Waals surface area contributed by atoms with Gasteiger partial charge in [-0.15, -0.1) is 0 Å². The molecule has 0 saturated heterocycles. The van der Waals surface area contributed by atoms with Crippen molar-refractivity contribution in [2.75, 3.05) is 6.61 Å². The number of amidine groups is 1. The molecule has 0 amide bonds. The molecule has 2 N–H and O–H groups in total. The number of hydrogen-bond acceptors (Lipinski definition) is 4. The average Bonchev–Trinajstić information content (AvgIpc) is 2.70. The summed E-state index contributed by atoms with van der Waals surface area (Å²) >= 11 is 0. The van der Waals surface area contributed by atoms with Crippen LogP contribution in [-0.4, -0.2) is 22.2 Å². The van der Waals surface area contributed by atoms with Crippen molar-refractivity contribution >= 4 is 6.02 Å². The molecule has 1 aliphatic heterocycles. The van der Waals surface area contributed by atoms with Gasteiger partial charge >= 0.3 is 0 Å². The maximum absolute atomic E-state index is 5.46. The standard InChI is InChI=1S/C9H14N4O/c1-6(2)13-5-11-3-8(13)7-4-14-9(10)12-7/h3,5-7H,4H2,1-2H3,(H2,10,12). The second kappa shape index (κ2) is 3.32. The number of nitrogens with two attached hydrogens (primary N) is 1. The average molecular weight is 194 g/mol. The summed E-state index contributed by atoms with van der Waals surface area (Å²) in [6, 6.07) is 0.649. The molecule has 5 nitrogen and oxygen atoms in total. The van der Waals surface area contributed by atoms with Gasteiger partial charge in [0.05, 0.1) is 18.2 Å². The Kier molecular flexibility index (Phi) is 2.15. The van der Waals surface area contributed by atoms with Crippen molar-refractivity contribution in [3.63, 3.8) is 0 Å². The van der Waals surface area contributed by atoms with E-state index < -0.39 is 0 Å². The minimum atomic E-state index is -0.0000926. The molecular weight excluding hydrogens is 180 g/mol. The van der Waals surface area contributed by atoms with Crippen LogP contribution < -0.4 is 5.73 Å². The van der Waals surface area contributed by atoms with Gasteiger partial charge in [0.15, 0.2) is 0 Å². The second-order valence-electron chi connectivity index (χ2n) is 3.61. The fourth-order valence-electron chi connectivity index (χ4n) is 1.55. The lowest BCUT2D eigenvalue weighted by Crippen LogP contribution is -2.10. The van der Waals surface area contributed by atoms with Crippen molar-refractivity contribution in [3.8, 4) is 0 Å². The number of aromatic nitrogens is 2. The number of ether oxygens (including phenoxy) is 1. The van der Waals surface area contributed by atoms with Crippen LogP contribution in [0.1, 0.15) is 31.6 Å². The van der Waals surface area contributed by atoms with E-state index in [2.05, 4.69) is 28.4 Å². The van der Waals surface area contributed by atoms with Crippen LogP contribution in [0.25, 0.3) is 0 Å². The van der Waals surface area contributed by atoms with Crippen molar-refractivity contribution in [2.24, 2.45) is 10.7 Å². The molecule has 1 aromatic heterocycles. The Bertz CT molecular complexity index is 355. The quantitative estimate of drug-likeness (QED) is 0.759. The topological polar surface area (TPSA) is 65.4 Å². The third-order valence-electron chi connectivity index (χ3n) is 2.27. The molecule has 0 fully saturated rings. The number of rotatable bonds is 2. The van der Waals surface area contributed by atoms with Crippen LogP contribution in [-0.2, 0) is 4.74 Å². The Labute approximate surface area is 82.6 Å². The van der Waals surface area contributed by atoms with Crippen molar-refractivity contribution < 1.29 is 4.74 Å². The van der Waals surface area contributed by atoms with Gasteiger partial charge in [0.25, 0.3) is 6.02 Å². The maximum Gasteiger partial charge on any atom is 0.282 e. The Morgan fingerprint density at radius 2 is 2.43 bits per heavy atom. The third kappa shape index (κ3) is 1.45. The van der Waals surface area contributed by atoms with E-state index in [-0.39, 0.29) is 12.1 Å². The number of hydrogen-bond donors (Lipinski definition) is 1. The summed E-state index contributed by atoms with van der Waals surface area (Å²) < 4.78 is 7.19. The summed E-state index contributed by atoms with van der Waals surface area (Å²) in [5.41, 5.74) is 6.51. The summed E-state index contributed by atoms with van der Waals surface area (Å²) in [6.07, 6.45) is 3.63. The van der Waals surface area contributed by atoms with E-state index >= 15 is 0 Å². The molecule has 2 heterocycles. The van der Waals surface area contributed by atoms with Crippen molar-refractivity contribution in [3.05, 3.63) is 18.2 Å². The van der Waals surface area contributed by atoms with E-state index in [4.69, 9.17) is 10.5 Å². The first-order valence-corrected chi connectivity index (χ1v) is 4.66. The third-order valence-corrected chi connectivity index (χ3v) is 2.27. The van der Waals surface area contributed by atoms with Crippen LogP contribution in [0.3, 0.4) is 0 Å². The molecule has 76 valence electrons. The van der Waals surface area contributed by atoms with Gasteiger partial charge in [-0.3, -0.25) is 0 Å². The van der Waals surface area contributed by atoms with Gasteiger partial charge in [-0.25, -0.2) is 9.98 Å². The second-order valence-corrected chi connectivity index (χ2v) is 3.61. The van der Waals surface area contributed by atoms with Crippen LogP contribution in [0.5, 0.6) is 0 Å². The number of aliphatic imine (C=N–C) groups is 1. The first-order chi connectivity index (χ1) is 6.68. The normalized spacial score (nSPS) is 21.1. The Morgan fingerprint density at radius 1 is 1.64 bits per heavy atom. The smallest absolute Gasteiger partial charge is 0.282 e. The number of nitrogens with zero attached hydrogens (tertiary/aromatic N) is 3. The lowest BCUT2D eigenvalue weighted by molar-refractivity contribution is 0.309. The van der Waals surface area contributed by atoms with E-state index in [1.54, 1.807) is 0 Å². The molecule has 14 heavy (non-hydrogen) atoms. The highest BCUT2D eigenvalue weighted by Gasteiger charge is 2.22. The number of imidazole rings is 1. The molecule has 1 aromatic rings. The minimum Gasteiger partial charge on any atom is -0.463 e. The predicted octanol–water partition coefficient (Wildman–Crippen LogP) is 0.850. The highest BCUT2D eigenvalue weighted by Crippen LogP contribution is 2.23. The maximum atomic E-state index is 5.46. The van der Waals surface area contributed by atoms with Crippen molar-refractivity contribution in [2.45, 2.75) is 25.9 Å². The summed E-state index contributed by atoms with van der Waals surface area (Å²) in [6.45, 7) is 4.73. The lowest BCUT2D eigenvalue weighted by Gasteiger charge is -2.13. The molecule has 1 atom stereocenters. The van der Waals surface area contributed by atoms with Crippen LogP contribution >= 0.6 is 0 Å². The summed E-state index contributed by atoms with van der Waals surface area (Å²) in [4.78, 5) is 8.30. The zero-order valence-corrected chi connectivity index (χ0v) is 8.34. The van der Waals surface area contributed by atoms with E-state index in [1.165, 1.54) is 0 Å². The molecule has 5 heteroatoms. The van der Waals surface area contributed by atoms with Gasteiger partial charge in [0.2, 0.25) is 0 Å². The molecule has 1 unspecified atom stereocenters. The molecule has 0 radical (unpaired) electrons. The molecule has 0 spiro atoms. The van der Waals surface area contributed by atoms with Gasteiger partial charge < -0.3 is 15.0 Å². The first kappa shape index (κ1) is 9.05. The van der Waals surface area contributed by atoms with Crippen LogP contribution in [0.15, 0.2) is 17.5 Å². The molecule has 0 aromatic carbocycles. The summed E-state index contributed by atoms with van der Waals surface area (Å²) in [5.74, 6) is 0. The summed E-state index contributed by atoms with van der Waals surface area (Å²) in [5, 5.41) is 0. The summed E-state index contributed by atoms with van der Waals surface area (Å²) in [7, 11) is 0. The Balaban J connectivity index is 2.28. The SMILES string of the molecule is CC(C)n1cncc1C1COC(N)=N1. The van der Waals surface area contributed by atoms with E-state index in [0.29, 0.717) is 12.6 Å². The van der Waals surface area contributed by atoms with E-state index in [1.807, 2.05) is 12.5 Å². The van der Waals surface area contributed by atoms with Crippen LogP contribution in [0.4, 0.5) is 0 Å². The highest BCUT2D eigenvalue weighted by molar-refractivity contribution is 5.73. The fraction of sp³-hybridized carbons (Fsp3) is 0.556. The van der Waals surface area contributed by atoms with Crippen LogP contribution in [0, 0.1) is 0 Å². The molecule has 2 rings (SSSR count). The minimum absolute atomic E-state index is 0.0000926. The van der Waals surface area contributed by atoms with Crippen molar-refractivity contribution in [1.82, 2.24) is 9.55 Å². The predicted molar refractivity (Wildman–Crippen MR) is 52.9 cm³/mol. The van der Waals surface area contributed by atoms with Gasteiger partial charge in [0.1, 0.15) is 12.6 Å². The van der Waals surface area contributed by atoms with Gasteiger partial charge in [0, 0.05) is 6.04 Å². The zero-order valence-electron chi connectivity index (χ0n) is 8.34. The molecule has 0 saturated carbocycles. The zero-order chi connectivity index (χ0) is 10.1. The van der Waals surface area contributed by atoms with E-state index in [0.717, 1.165) is 5.69 Å². The highest BCUT2D eigenvalue weighted by atomic mass is 16.5. The van der Waals surface area contributed by atoms with Crippen molar-refractivity contribution in [1.29, 1.82) is 0 Å². The monoisotopic (exact) mass is 194 g/mol. The molecule has 0 aliphatic carbocycles. The van der Waals surface area contributed by atoms with Gasteiger partial charge in [-0.05, 0) is 13.8 Å². The van der Waals surface area contributed by atoms with Gasteiger partial charge in [-0.2, -0.15) is 0 Å². The lowest BCUT2D eigenvalue weighted by atomic mass is 10.2. The molecule has 1 aliphatic rings. The van der Waals surface area contributed by atoms with Crippen LogP contribution in [0.2, 0.25) is 0 Å². The van der Waals surface area contributed by atoms with Gasteiger partial charge in [-0.1, -0.05) is 0 Å². The fourth-order valence-corrected chi connectivity index (χ4v) is 1.55. The van der Waals surface area contributed by atoms with E-state index in [9.17, 15) is 0 Å². The molecule has 0 bridgehead atoms. The first-order valence-electron chi connectivity index (χ1n) is 4.66. The largest absolute Gasteiger partial charge is 0.463 e.